The first kappa shape index (κ1) is 21.9. The second-order valence-corrected chi connectivity index (χ2v) is 7.47. The van der Waals surface area contributed by atoms with Crippen molar-refractivity contribution in [3.63, 3.8) is 0 Å². The van der Waals surface area contributed by atoms with Crippen molar-refractivity contribution >= 4 is 23.3 Å². The van der Waals surface area contributed by atoms with Crippen molar-refractivity contribution in [2.24, 2.45) is 0 Å². The standard InChI is InChI=1S/C22H31N3O3/c1-6-19(25(7-2)12-10-9-11-13-25)21(26)24-20-16(4)14-17(23-5)15-18(20)22(27)28-8-3/h14-15,19H,6-13H2,1-4H3/p+1. The first-order valence-electron chi connectivity index (χ1n) is 10.3. The van der Waals surface area contributed by atoms with Crippen LogP contribution in [0.1, 0.15) is 62.4 Å². The van der Waals surface area contributed by atoms with E-state index in [1.807, 2.05) is 0 Å². The van der Waals surface area contributed by atoms with Crippen LogP contribution in [0.15, 0.2) is 12.1 Å². The van der Waals surface area contributed by atoms with Crippen molar-refractivity contribution in [2.45, 2.75) is 59.4 Å². The Balaban J connectivity index is 2.38. The molecule has 1 aliphatic heterocycles. The number of likely N-dealkylation sites (tertiary alicyclic amines) is 1. The number of hydrogen-bond acceptors (Lipinski definition) is 3. The number of anilines is 1. The van der Waals surface area contributed by atoms with Crippen molar-refractivity contribution in [3.8, 4) is 0 Å². The lowest BCUT2D eigenvalue weighted by Gasteiger charge is -2.45. The summed E-state index contributed by atoms with van der Waals surface area (Å²) in [6, 6.07) is 3.04. The van der Waals surface area contributed by atoms with Gasteiger partial charge < -0.3 is 14.5 Å². The van der Waals surface area contributed by atoms with E-state index < -0.39 is 5.97 Å². The van der Waals surface area contributed by atoms with Crippen LogP contribution >= 0.6 is 0 Å². The summed E-state index contributed by atoms with van der Waals surface area (Å²) in [5.41, 5.74) is 1.76. The number of hydrogen-bond donors (Lipinski definition) is 1. The molecule has 1 N–H and O–H groups in total. The second-order valence-electron chi connectivity index (χ2n) is 7.47. The van der Waals surface area contributed by atoms with Gasteiger partial charge in [0.1, 0.15) is 0 Å². The van der Waals surface area contributed by atoms with Gasteiger partial charge in [-0.3, -0.25) is 4.79 Å². The molecule has 0 spiro atoms. The number of nitrogens with zero attached hydrogens (tertiary/aromatic N) is 2. The molecule has 152 valence electrons. The number of ether oxygens (including phenoxy) is 1. The predicted octanol–water partition coefficient (Wildman–Crippen LogP) is 4.46. The van der Waals surface area contributed by atoms with E-state index in [-0.39, 0.29) is 24.1 Å². The van der Waals surface area contributed by atoms with E-state index in [0.717, 1.165) is 43.4 Å². The highest BCUT2D eigenvalue weighted by Crippen LogP contribution is 2.30. The molecule has 6 nitrogen and oxygen atoms in total. The molecule has 1 amide bonds. The van der Waals surface area contributed by atoms with Crippen LogP contribution < -0.4 is 5.32 Å². The van der Waals surface area contributed by atoms with E-state index in [1.54, 1.807) is 19.9 Å². The quantitative estimate of drug-likeness (QED) is 0.428. The van der Waals surface area contributed by atoms with Gasteiger partial charge in [0.05, 0.1) is 44.1 Å². The lowest BCUT2D eigenvalue weighted by Crippen LogP contribution is -2.61. The number of quaternary nitrogens is 1. The van der Waals surface area contributed by atoms with Gasteiger partial charge >= 0.3 is 5.97 Å². The molecular weight excluding hydrogens is 354 g/mol. The van der Waals surface area contributed by atoms with Crippen molar-refractivity contribution in [3.05, 3.63) is 34.7 Å². The van der Waals surface area contributed by atoms with Crippen LogP contribution in [0.2, 0.25) is 0 Å². The van der Waals surface area contributed by atoms with Gasteiger partial charge in [-0.25, -0.2) is 9.64 Å². The van der Waals surface area contributed by atoms with Crippen LogP contribution in [0.25, 0.3) is 4.85 Å². The van der Waals surface area contributed by atoms with Crippen molar-refractivity contribution in [2.75, 3.05) is 31.6 Å². The number of esters is 1. The number of piperidine rings is 1. The zero-order valence-corrected chi connectivity index (χ0v) is 17.5. The Bertz CT molecular complexity index is 761. The Labute approximate surface area is 168 Å². The van der Waals surface area contributed by atoms with E-state index >= 15 is 0 Å². The molecule has 0 saturated carbocycles. The minimum absolute atomic E-state index is 0.0598. The third kappa shape index (κ3) is 4.53. The van der Waals surface area contributed by atoms with Crippen molar-refractivity contribution in [1.82, 2.24) is 0 Å². The molecule has 1 heterocycles. The summed E-state index contributed by atoms with van der Waals surface area (Å²) in [4.78, 5) is 29.2. The minimum atomic E-state index is -0.517. The van der Waals surface area contributed by atoms with E-state index in [9.17, 15) is 9.59 Å². The van der Waals surface area contributed by atoms with Crippen molar-refractivity contribution in [1.29, 1.82) is 0 Å². The SMILES string of the molecule is [C-]#[N+]c1cc(C)c(NC(=O)C(CC)[N+]2(CC)CCCCC2)c(C(=O)OCC)c1. The van der Waals surface area contributed by atoms with E-state index in [0.29, 0.717) is 16.9 Å². The molecule has 0 bridgehead atoms. The van der Waals surface area contributed by atoms with Gasteiger partial charge in [-0.15, -0.1) is 0 Å². The summed E-state index contributed by atoms with van der Waals surface area (Å²) in [5.74, 6) is -0.577. The Kier molecular flexibility index (Phi) is 7.59. The molecule has 6 heteroatoms. The second kappa shape index (κ2) is 9.70. The summed E-state index contributed by atoms with van der Waals surface area (Å²) in [7, 11) is 0. The van der Waals surface area contributed by atoms with Gasteiger partial charge in [0, 0.05) is 6.42 Å². The number of carbonyl (C=O) groups excluding carboxylic acids is 2. The smallest absolute Gasteiger partial charge is 0.338 e. The summed E-state index contributed by atoms with van der Waals surface area (Å²) < 4.78 is 5.95. The molecule has 0 aliphatic carbocycles. The number of nitrogens with one attached hydrogen (secondary N) is 1. The highest BCUT2D eigenvalue weighted by molar-refractivity contribution is 6.04. The monoisotopic (exact) mass is 386 g/mol. The zero-order valence-electron chi connectivity index (χ0n) is 17.5. The molecule has 1 aromatic carbocycles. The van der Waals surface area contributed by atoms with Crippen LogP contribution in [-0.4, -0.2) is 48.6 Å². The lowest BCUT2D eigenvalue weighted by molar-refractivity contribution is -0.945. The van der Waals surface area contributed by atoms with Gasteiger partial charge in [-0.05, 0) is 51.7 Å². The molecule has 1 fully saturated rings. The highest BCUT2D eigenvalue weighted by Gasteiger charge is 2.40. The molecule has 2 rings (SSSR count). The number of benzene rings is 1. The Hall–Kier alpha value is -2.39. The molecule has 1 aliphatic rings. The zero-order chi connectivity index (χ0) is 20.7. The van der Waals surface area contributed by atoms with Gasteiger partial charge in [-0.2, -0.15) is 0 Å². The lowest BCUT2D eigenvalue weighted by atomic mass is 10.00. The molecule has 1 unspecified atom stereocenters. The molecule has 0 radical (unpaired) electrons. The van der Waals surface area contributed by atoms with Crippen molar-refractivity contribution < 1.29 is 18.8 Å². The van der Waals surface area contributed by atoms with E-state index in [1.165, 1.54) is 12.5 Å². The van der Waals surface area contributed by atoms with Crippen LogP contribution in [0.5, 0.6) is 0 Å². The maximum absolute atomic E-state index is 13.3. The predicted molar refractivity (Wildman–Crippen MR) is 110 cm³/mol. The molecule has 28 heavy (non-hydrogen) atoms. The number of likely N-dealkylation sites (N-methyl/N-ethyl adjacent to an activating group) is 1. The molecule has 1 saturated heterocycles. The fourth-order valence-corrected chi connectivity index (χ4v) is 4.39. The third-order valence-electron chi connectivity index (χ3n) is 5.88. The van der Waals surface area contributed by atoms with Crippen LogP contribution in [0.4, 0.5) is 11.4 Å². The Morgan fingerprint density at radius 2 is 1.89 bits per heavy atom. The maximum Gasteiger partial charge on any atom is 0.338 e. The number of amides is 1. The average molecular weight is 387 g/mol. The van der Waals surface area contributed by atoms with Gasteiger partial charge in [-0.1, -0.05) is 13.0 Å². The highest BCUT2D eigenvalue weighted by atomic mass is 16.5. The summed E-state index contributed by atoms with van der Waals surface area (Å²) >= 11 is 0. The number of rotatable bonds is 7. The normalized spacial score (nSPS) is 16.7. The molecule has 0 aromatic heterocycles. The Morgan fingerprint density at radius 1 is 1.21 bits per heavy atom. The molecule has 1 aromatic rings. The maximum atomic E-state index is 13.3. The fraction of sp³-hybridized carbons (Fsp3) is 0.591. The summed E-state index contributed by atoms with van der Waals surface area (Å²) in [5, 5.41) is 3.02. The van der Waals surface area contributed by atoms with Crippen LogP contribution in [-0.2, 0) is 9.53 Å². The van der Waals surface area contributed by atoms with E-state index in [4.69, 9.17) is 11.3 Å². The number of aryl methyl sites for hydroxylation is 1. The van der Waals surface area contributed by atoms with Crippen LogP contribution in [0, 0.1) is 13.5 Å². The summed E-state index contributed by atoms with van der Waals surface area (Å²) in [6.45, 7) is 18.2. The first-order chi connectivity index (χ1) is 13.4. The Morgan fingerprint density at radius 3 is 2.43 bits per heavy atom. The minimum Gasteiger partial charge on any atom is -0.462 e. The fourth-order valence-electron chi connectivity index (χ4n) is 4.39. The van der Waals surface area contributed by atoms with E-state index in [2.05, 4.69) is 24.0 Å². The largest absolute Gasteiger partial charge is 0.462 e. The third-order valence-corrected chi connectivity index (χ3v) is 5.88. The topological polar surface area (TPSA) is 59.8 Å². The average Bonchev–Trinajstić information content (AvgIpc) is 2.70. The van der Waals surface area contributed by atoms with Gasteiger partial charge in [0.2, 0.25) is 0 Å². The number of carbonyl (C=O) groups is 2. The summed E-state index contributed by atoms with van der Waals surface area (Å²) in [6.07, 6.45) is 4.25. The first-order valence-corrected chi connectivity index (χ1v) is 10.3. The molecule has 1 atom stereocenters. The molecular formula is C22H32N3O3+. The van der Waals surface area contributed by atoms with Gasteiger partial charge in [0.15, 0.2) is 11.7 Å². The van der Waals surface area contributed by atoms with Gasteiger partial charge in [0.25, 0.3) is 5.91 Å². The van der Waals surface area contributed by atoms with Crippen LogP contribution in [0.3, 0.4) is 0 Å².